The molecule has 3 heteroatoms. The Morgan fingerprint density at radius 3 is 1.60 bits per heavy atom. The second-order valence-corrected chi connectivity index (χ2v) is 2.41. The van der Waals surface area contributed by atoms with Crippen LogP contribution < -0.4 is 6.15 Å². The second-order valence-electron chi connectivity index (χ2n) is 2.41. The summed E-state index contributed by atoms with van der Waals surface area (Å²) in [6.45, 7) is 5.44. The van der Waals surface area contributed by atoms with Crippen molar-refractivity contribution in [3.63, 3.8) is 0 Å². The Morgan fingerprint density at radius 2 is 1.50 bits per heavy atom. The Kier molecular flexibility index (Phi) is 11.1. The van der Waals surface area contributed by atoms with E-state index in [0.29, 0.717) is 0 Å². The minimum atomic E-state index is -0.167. The zero-order chi connectivity index (χ0) is 7.11. The Labute approximate surface area is 63.0 Å². The van der Waals surface area contributed by atoms with Gasteiger partial charge >= 0.3 is 0 Å². The van der Waals surface area contributed by atoms with E-state index in [1.807, 2.05) is 0 Å². The van der Waals surface area contributed by atoms with Gasteiger partial charge < -0.3 is 16.0 Å². The van der Waals surface area contributed by atoms with Crippen molar-refractivity contribution in [2.75, 3.05) is 13.2 Å². The van der Waals surface area contributed by atoms with Crippen LogP contribution in [0.25, 0.3) is 0 Å². The molecule has 64 valence electrons. The molecule has 1 rings (SSSR count). The molecule has 1 saturated heterocycles. The molecule has 1 aliphatic rings. The highest BCUT2D eigenvalue weighted by molar-refractivity contribution is 4.43. The molecule has 4 N–H and O–H groups in total. The van der Waals surface area contributed by atoms with E-state index in [1.54, 1.807) is 13.8 Å². The fourth-order valence-corrected chi connectivity index (χ4v) is 0.510. The third-order valence-corrected chi connectivity index (χ3v) is 0.827. The molecule has 0 aromatic rings. The van der Waals surface area contributed by atoms with Crippen molar-refractivity contribution in [1.82, 2.24) is 6.15 Å². The maximum Gasteiger partial charge on any atom is 0.0483 e. The average molecular weight is 149 g/mol. The van der Waals surface area contributed by atoms with Crippen molar-refractivity contribution >= 4 is 0 Å². The minimum Gasteiger partial charge on any atom is -0.394 e. The summed E-state index contributed by atoms with van der Waals surface area (Å²) in [5.74, 6) is 0. The zero-order valence-corrected chi connectivity index (χ0v) is 6.97. The highest BCUT2D eigenvalue weighted by Gasteiger charge is 1.94. The van der Waals surface area contributed by atoms with Crippen LogP contribution in [0.15, 0.2) is 0 Å². The van der Waals surface area contributed by atoms with E-state index in [1.165, 1.54) is 12.8 Å². The van der Waals surface area contributed by atoms with Gasteiger partial charge in [-0.05, 0) is 26.7 Å². The lowest BCUT2D eigenvalue weighted by atomic mass is 10.4. The Balaban J connectivity index is 0. The summed E-state index contributed by atoms with van der Waals surface area (Å²) in [6.07, 6.45) is 2.39. The predicted molar refractivity (Wildman–Crippen MR) is 42.4 cm³/mol. The molecule has 0 aromatic heterocycles. The molecular formula is C7H19NO2. The van der Waals surface area contributed by atoms with Crippen LogP contribution >= 0.6 is 0 Å². The lowest BCUT2D eigenvalue weighted by molar-refractivity contribution is 0.198. The largest absolute Gasteiger partial charge is 0.394 e. The molecule has 0 spiro atoms. The van der Waals surface area contributed by atoms with E-state index in [4.69, 9.17) is 9.84 Å². The van der Waals surface area contributed by atoms with Gasteiger partial charge in [0.1, 0.15) is 0 Å². The number of rotatable bonds is 0. The molecule has 0 saturated carbocycles. The molecule has 0 atom stereocenters. The minimum absolute atomic E-state index is 0. The van der Waals surface area contributed by atoms with Crippen LogP contribution in [0.3, 0.4) is 0 Å². The Morgan fingerprint density at radius 1 is 1.20 bits per heavy atom. The van der Waals surface area contributed by atoms with Gasteiger partial charge in [0.25, 0.3) is 0 Å². The Hall–Kier alpha value is -0.120. The van der Waals surface area contributed by atoms with Crippen molar-refractivity contribution in [2.45, 2.75) is 32.8 Å². The maximum atomic E-state index is 8.06. The van der Waals surface area contributed by atoms with E-state index in [2.05, 4.69) is 0 Å². The topological polar surface area (TPSA) is 64.5 Å². The quantitative estimate of drug-likeness (QED) is 0.546. The SMILES string of the molecule is C1CCOC1.CC(C)O.N. The van der Waals surface area contributed by atoms with Crippen molar-refractivity contribution in [1.29, 1.82) is 0 Å². The van der Waals surface area contributed by atoms with Crippen LogP contribution in [0, 0.1) is 0 Å². The Bertz CT molecular complexity index is 43.2. The van der Waals surface area contributed by atoms with Crippen LogP contribution in [0.5, 0.6) is 0 Å². The van der Waals surface area contributed by atoms with Gasteiger partial charge in [-0.1, -0.05) is 0 Å². The highest BCUT2D eigenvalue weighted by Crippen LogP contribution is 1.98. The highest BCUT2D eigenvalue weighted by atomic mass is 16.5. The molecule has 10 heavy (non-hydrogen) atoms. The zero-order valence-electron chi connectivity index (χ0n) is 6.97. The summed E-state index contributed by atoms with van der Waals surface area (Å²) in [5.41, 5.74) is 0. The first-order valence-electron chi connectivity index (χ1n) is 3.49. The van der Waals surface area contributed by atoms with Crippen LogP contribution in [0.2, 0.25) is 0 Å². The molecule has 0 radical (unpaired) electrons. The summed E-state index contributed by atoms with van der Waals surface area (Å²) in [6, 6.07) is 0. The van der Waals surface area contributed by atoms with Gasteiger partial charge in [0.2, 0.25) is 0 Å². The van der Waals surface area contributed by atoms with Gasteiger partial charge in [0.15, 0.2) is 0 Å². The smallest absolute Gasteiger partial charge is 0.0483 e. The summed E-state index contributed by atoms with van der Waals surface area (Å²) >= 11 is 0. The summed E-state index contributed by atoms with van der Waals surface area (Å²) < 4.78 is 4.94. The molecule has 1 fully saturated rings. The lowest BCUT2D eigenvalue weighted by Gasteiger charge is -1.80. The molecule has 1 aliphatic heterocycles. The summed E-state index contributed by atoms with van der Waals surface area (Å²) in [4.78, 5) is 0. The first-order valence-corrected chi connectivity index (χ1v) is 3.49. The van der Waals surface area contributed by atoms with Crippen molar-refractivity contribution < 1.29 is 9.84 Å². The second kappa shape index (κ2) is 8.88. The van der Waals surface area contributed by atoms with E-state index in [-0.39, 0.29) is 12.3 Å². The van der Waals surface area contributed by atoms with Gasteiger partial charge in [-0.3, -0.25) is 0 Å². The van der Waals surface area contributed by atoms with Gasteiger partial charge in [0.05, 0.1) is 0 Å². The molecular weight excluding hydrogens is 130 g/mol. The maximum absolute atomic E-state index is 8.06. The fraction of sp³-hybridized carbons (Fsp3) is 1.00. The van der Waals surface area contributed by atoms with Gasteiger partial charge in [-0.25, -0.2) is 0 Å². The van der Waals surface area contributed by atoms with Gasteiger partial charge in [-0.2, -0.15) is 0 Å². The standard InChI is InChI=1S/C4H8O.C3H8O.H3N/c1-2-4-5-3-1;1-3(2)4;/h1-4H2;3-4H,1-2H3;1H3. The lowest BCUT2D eigenvalue weighted by Crippen LogP contribution is -1.85. The van der Waals surface area contributed by atoms with E-state index in [9.17, 15) is 0 Å². The van der Waals surface area contributed by atoms with E-state index in [0.717, 1.165) is 13.2 Å². The third-order valence-electron chi connectivity index (χ3n) is 0.827. The molecule has 0 aliphatic carbocycles. The molecule has 3 nitrogen and oxygen atoms in total. The van der Waals surface area contributed by atoms with Crippen molar-refractivity contribution in [2.24, 2.45) is 0 Å². The van der Waals surface area contributed by atoms with Crippen molar-refractivity contribution in [3.8, 4) is 0 Å². The van der Waals surface area contributed by atoms with Crippen molar-refractivity contribution in [3.05, 3.63) is 0 Å². The normalized spacial score (nSPS) is 15.6. The van der Waals surface area contributed by atoms with Gasteiger partial charge in [0, 0.05) is 19.3 Å². The van der Waals surface area contributed by atoms with Crippen LogP contribution in [0.1, 0.15) is 26.7 Å². The summed E-state index contributed by atoms with van der Waals surface area (Å²) in [5, 5.41) is 8.06. The third kappa shape index (κ3) is 15.7. The van der Waals surface area contributed by atoms with Crippen LogP contribution in [-0.2, 0) is 4.74 Å². The molecule has 0 bridgehead atoms. The van der Waals surface area contributed by atoms with Gasteiger partial charge in [-0.15, -0.1) is 0 Å². The molecule has 0 amide bonds. The molecule has 0 aromatic carbocycles. The number of aliphatic hydroxyl groups excluding tert-OH is 1. The van der Waals surface area contributed by atoms with Crippen LogP contribution in [0.4, 0.5) is 0 Å². The number of aliphatic hydroxyl groups is 1. The summed E-state index contributed by atoms with van der Waals surface area (Å²) in [7, 11) is 0. The molecule has 0 unspecified atom stereocenters. The van der Waals surface area contributed by atoms with E-state index < -0.39 is 0 Å². The molecule has 1 heterocycles. The first-order chi connectivity index (χ1) is 4.23. The number of ether oxygens (including phenoxy) is 1. The van der Waals surface area contributed by atoms with Crippen LogP contribution in [-0.4, -0.2) is 24.4 Å². The monoisotopic (exact) mass is 149 g/mol. The number of hydrogen-bond acceptors (Lipinski definition) is 3. The van der Waals surface area contributed by atoms with E-state index >= 15 is 0 Å². The first kappa shape index (κ1) is 12.5. The average Bonchev–Trinajstić information content (AvgIpc) is 2.11. The predicted octanol–water partition coefficient (Wildman–Crippen LogP) is 1.35. The number of hydrogen-bond donors (Lipinski definition) is 2. The fourth-order valence-electron chi connectivity index (χ4n) is 0.510.